The normalized spacial score (nSPS) is 11.8. The second kappa shape index (κ2) is 6.36. The van der Waals surface area contributed by atoms with Crippen LogP contribution in [0.1, 0.15) is 17.0 Å². The molecule has 0 amide bonds. The Morgan fingerprint density at radius 2 is 1.86 bits per heavy atom. The highest BCUT2D eigenvalue weighted by atomic mass is 35.5. The van der Waals surface area contributed by atoms with E-state index in [4.69, 9.17) is 27.7 Å². The van der Waals surface area contributed by atoms with E-state index in [1.807, 2.05) is 0 Å². The standard InChI is InChI=1S/C13H14Cl2N2O3S/c1-8-13(9(2)20-17-8)21(18,19)16-7-6-10-11(14)4-3-5-12(10)15/h3-5,16H,6-7H2,1-2H3. The van der Waals surface area contributed by atoms with E-state index in [-0.39, 0.29) is 17.2 Å². The van der Waals surface area contributed by atoms with Gasteiger partial charge in [-0.15, -0.1) is 0 Å². The molecule has 2 aromatic rings. The summed E-state index contributed by atoms with van der Waals surface area (Å²) in [5.41, 5.74) is 1.04. The molecule has 21 heavy (non-hydrogen) atoms. The van der Waals surface area contributed by atoms with Gasteiger partial charge >= 0.3 is 0 Å². The summed E-state index contributed by atoms with van der Waals surface area (Å²) in [6.07, 6.45) is 0.390. The third kappa shape index (κ3) is 3.58. The third-order valence-electron chi connectivity index (χ3n) is 2.97. The fraction of sp³-hybridized carbons (Fsp3) is 0.308. The van der Waals surface area contributed by atoms with Crippen molar-refractivity contribution in [2.75, 3.05) is 6.54 Å². The topological polar surface area (TPSA) is 72.2 Å². The molecule has 1 N–H and O–H groups in total. The molecule has 0 aliphatic heterocycles. The molecule has 0 bridgehead atoms. The SMILES string of the molecule is Cc1noc(C)c1S(=O)(=O)NCCc1c(Cl)cccc1Cl. The molecule has 2 rings (SSSR count). The van der Waals surface area contributed by atoms with E-state index in [2.05, 4.69) is 9.88 Å². The van der Waals surface area contributed by atoms with E-state index in [1.54, 1.807) is 32.0 Å². The highest BCUT2D eigenvalue weighted by Gasteiger charge is 2.23. The van der Waals surface area contributed by atoms with Gasteiger partial charge in [-0.1, -0.05) is 34.4 Å². The van der Waals surface area contributed by atoms with Gasteiger partial charge in [-0.05, 0) is 38.0 Å². The third-order valence-corrected chi connectivity index (χ3v) is 5.38. The van der Waals surface area contributed by atoms with Crippen LogP contribution in [0.3, 0.4) is 0 Å². The van der Waals surface area contributed by atoms with Gasteiger partial charge in [0.2, 0.25) is 10.0 Å². The van der Waals surface area contributed by atoms with Crippen molar-refractivity contribution in [3.63, 3.8) is 0 Å². The molecule has 1 aromatic carbocycles. The molecule has 0 atom stereocenters. The largest absolute Gasteiger partial charge is 0.360 e. The summed E-state index contributed by atoms with van der Waals surface area (Å²) in [4.78, 5) is 0.0766. The second-order valence-corrected chi connectivity index (χ2v) is 7.02. The van der Waals surface area contributed by atoms with Crippen LogP contribution >= 0.6 is 23.2 Å². The number of benzene rings is 1. The predicted molar refractivity (Wildman–Crippen MR) is 81.3 cm³/mol. The van der Waals surface area contributed by atoms with Crippen LogP contribution in [0.15, 0.2) is 27.6 Å². The second-order valence-electron chi connectivity index (χ2n) is 4.50. The summed E-state index contributed by atoms with van der Waals surface area (Å²) < 4.78 is 31.8. The smallest absolute Gasteiger partial charge is 0.245 e. The van der Waals surface area contributed by atoms with E-state index in [9.17, 15) is 8.42 Å². The van der Waals surface area contributed by atoms with E-state index in [0.717, 1.165) is 0 Å². The number of nitrogens with zero attached hydrogens (tertiary/aromatic N) is 1. The van der Waals surface area contributed by atoms with Crippen LogP contribution in [-0.4, -0.2) is 20.1 Å². The first-order valence-electron chi connectivity index (χ1n) is 6.18. The first-order chi connectivity index (χ1) is 9.83. The van der Waals surface area contributed by atoms with Gasteiger partial charge in [-0.2, -0.15) is 0 Å². The Morgan fingerprint density at radius 1 is 1.24 bits per heavy atom. The lowest BCUT2D eigenvalue weighted by atomic mass is 10.1. The highest BCUT2D eigenvalue weighted by Crippen LogP contribution is 2.24. The molecule has 0 unspecified atom stereocenters. The van der Waals surface area contributed by atoms with Crippen LogP contribution in [0.4, 0.5) is 0 Å². The molecule has 1 heterocycles. The number of nitrogens with one attached hydrogen (secondary N) is 1. The molecule has 0 fully saturated rings. The quantitative estimate of drug-likeness (QED) is 0.900. The van der Waals surface area contributed by atoms with E-state index >= 15 is 0 Å². The molecule has 0 radical (unpaired) electrons. The van der Waals surface area contributed by atoms with Crippen LogP contribution in [0.25, 0.3) is 0 Å². The minimum Gasteiger partial charge on any atom is -0.360 e. The molecule has 0 spiro atoms. The van der Waals surface area contributed by atoms with Gasteiger partial charge in [-0.25, -0.2) is 13.1 Å². The van der Waals surface area contributed by atoms with Crippen molar-refractivity contribution >= 4 is 33.2 Å². The average molecular weight is 349 g/mol. The van der Waals surface area contributed by atoms with Gasteiger partial charge in [0.15, 0.2) is 5.76 Å². The summed E-state index contributed by atoms with van der Waals surface area (Å²) >= 11 is 12.1. The number of hydrogen-bond acceptors (Lipinski definition) is 4. The molecule has 114 valence electrons. The Bertz CT molecular complexity index is 717. The Morgan fingerprint density at radius 3 is 2.38 bits per heavy atom. The van der Waals surface area contributed by atoms with Crippen molar-refractivity contribution < 1.29 is 12.9 Å². The lowest BCUT2D eigenvalue weighted by Crippen LogP contribution is -2.27. The Labute approximate surface area is 133 Å². The number of halogens is 2. The molecule has 0 aliphatic carbocycles. The Kier molecular flexibility index (Phi) is 4.93. The van der Waals surface area contributed by atoms with Gasteiger partial charge in [0.25, 0.3) is 0 Å². The van der Waals surface area contributed by atoms with Crippen LogP contribution in [0.2, 0.25) is 10.0 Å². The predicted octanol–water partition coefficient (Wildman–Crippen LogP) is 3.12. The van der Waals surface area contributed by atoms with Crippen LogP contribution < -0.4 is 4.72 Å². The molecule has 0 saturated carbocycles. The van der Waals surface area contributed by atoms with Crippen LogP contribution in [0.5, 0.6) is 0 Å². The number of aryl methyl sites for hydroxylation is 2. The number of rotatable bonds is 5. The number of sulfonamides is 1. The van der Waals surface area contributed by atoms with Crippen molar-refractivity contribution in [3.05, 3.63) is 45.3 Å². The monoisotopic (exact) mass is 348 g/mol. The maximum Gasteiger partial charge on any atom is 0.245 e. The van der Waals surface area contributed by atoms with Crippen molar-refractivity contribution in [2.24, 2.45) is 0 Å². The fourth-order valence-corrected chi connectivity index (χ4v) is 3.96. The molecule has 5 nitrogen and oxygen atoms in total. The lowest BCUT2D eigenvalue weighted by Gasteiger charge is -2.08. The van der Waals surface area contributed by atoms with E-state index < -0.39 is 10.0 Å². The van der Waals surface area contributed by atoms with Crippen LogP contribution in [0, 0.1) is 13.8 Å². The fourth-order valence-electron chi connectivity index (χ4n) is 2.01. The summed E-state index contributed by atoms with van der Waals surface area (Å²) in [5.74, 6) is 0.260. The van der Waals surface area contributed by atoms with Crippen molar-refractivity contribution in [3.8, 4) is 0 Å². The van der Waals surface area contributed by atoms with Gasteiger partial charge in [0.05, 0.1) is 0 Å². The number of aromatic nitrogens is 1. The molecular formula is C13H14Cl2N2O3S. The molecular weight excluding hydrogens is 335 g/mol. The maximum absolute atomic E-state index is 12.2. The Balaban J connectivity index is 2.10. The Hall–Kier alpha value is -1.08. The number of hydrogen-bond donors (Lipinski definition) is 1. The van der Waals surface area contributed by atoms with E-state index in [1.165, 1.54) is 0 Å². The van der Waals surface area contributed by atoms with Crippen molar-refractivity contribution in [1.82, 2.24) is 9.88 Å². The van der Waals surface area contributed by atoms with Crippen molar-refractivity contribution in [1.29, 1.82) is 0 Å². The molecule has 1 aromatic heterocycles. The molecule has 0 aliphatic rings. The summed E-state index contributed by atoms with van der Waals surface area (Å²) in [6.45, 7) is 3.31. The zero-order valence-electron chi connectivity index (χ0n) is 11.5. The first-order valence-corrected chi connectivity index (χ1v) is 8.42. The van der Waals surface area contributed by atoms with Crippen molar-refractivity contribution in [2.45, 2.75) is 25.2 Å². The highest BCUT2D eigenvalue weighted by molar-refractivity contribution is 7.89. The lowest BCUT2D eigenvalue weighted by molar-refractivity contribution is 0.390. The van der Waals surface area contributed by atoms with Crippen LogP contribution in [-0.2, 0) is 16.4 Å². The minimum absolute atomic E-state index is 0.0766. The molecule has 0 saturated heterocycles. The first kappa shape index (κ1) is 16.3. The zero-order chi connectivity index (χ0) is 15.6. The maximum atomic E-state index is 12.2. The van der Waals surface area contributed by atoms with Gasteiger partial charge in [-0.3, -0.25) is 0 Å². The summed E-state index contributed by atoms with van der Waals surface area (Å²) in [5, 5.41) is 4.67. The summed E-state index contributed by atoms with van der Waals surface area (Å²) in [6, 6.07) is 5.17. The van der Waals surface area contributed by atoms with Gasteiger partial charge in [0.1, 0.15) is 10.6 Å². The van der Waals surface area contributed by atoms with Gasteiger partial charge < -0.3 is 4.52 Å². The average Bonchev–Trinajstić information content (AvgIpc) is 2.73. The summed E-state index contributed by atoms with van der Waals surface area (Å²) in [7, 11) is -3.67. The zero-order valence-corrected chi connectivity index (χ0v) is 13.8. The van der Waals surface area contributed by atoms with E-state index in [0.29, 0.717) is 27.7 Å². The molecule has 8 heteroatoms. The van der Waals surface area contributed by atoms with Gasteiger partial charge in [0, 0.05) is 16.6 Å². The minimum atomic E-state index is -3.67.